The van der Waals surface area contributed by atoms with Crippen molar-refractivity contribution in [2.45, 2.75) is 45.2 Å². The molecule has 4 nitrogen and oxygen atoms in total. The monoisotopic (exact) mass is 239 g/mol. The van der Waals surface area contributed by atoms with Gasteiger partial charge in [-0.25, -0.2) is 0 Å². The predicted molar refractivity (Wildman–Crippen MR) is 68.9 cm³/mol. The van der Waals surface area contributed by atoms with E-state index >= 15 is 0 Å². The lowest BCUT2D eigenvalue weighted by molar-refractivity contribution is -0.138. The summed E-state index contributed by atoms with van der Waals surface area (Å²) in [5, 5.41) is 6.60. The first-order chi connectivity index (χ1) is 8.22. The lowest BCUT2D eigenvalue weighted by Crippen LogP contribution is -2.59. The van der Waals surface area contributed by atoms with Gasteiger partial charge in [0.25, 0.3) is 0 Å². The second-order valence-corrected chi connectivity index (χ2v) is 5.40. The smallest absolute Gasteiger partial charge is 0.241 e. The Bertz CT molecular complexity index is 263. The minimum atomic E-state index is -0.0122. The number of hydrogen-bond donors (Lipinski definition) is 2. The first kappa shape index (κ1) is 12.8. The van der Waals surface area contributed by atoms with Gasteiger partial charge < -0.3 is 15.5 Å². The Labute approximate surface area is 104 Å². The summed E-state index contributed by atoms with van der Waals surface area (Å²) in [4.78, 5) is 14.5. The van der Waals surface area contributed by atoms with Crippen LogP contribution in [0.4, 0.5) is 0 Å². The number of rotatable bonds is 2. The van der Waals surface area contributed by atoms with Crippen LogP contribution in [0.3, 0.4) is 0 Å². The molecule has 0 aromatic rings. The fourth-order valence-electron chi connectivity index (χ4n) is 2.85. The van der Waals surface area contributed by atoms with Gasteiger partial charge in [0, 0.05) is 32.2 Å². The van der Waals surface area contributed by atoms with Crippen molar-refractivity contribution >= 4 is 5.91 Å². The summed E-state index contributed by atoms with van der Waals surface area (Å²) in [6.45, 7) is 8.00. The highest BCUT2D eigenvalue weighted by molar-refractivity contribution is 5.82. The molecule has 2 N–H and O–H groups in total. The number of likely N-dealkylation sites (tertiary alicyclic amines) is 1. The highest BCUT2D eigenvalue weighted by Gasteiger charge is 2.32. The van der Waals surface area contributed by atoms with Crippen LogP contribution in [0.5, 0.6) is 0 Å². The number of hydrogen-bond acceptors (Lipinski definition) is 3. The van der Waals surface area contributed by atoms with Crippen LogP contribution in [0, 0.1) is 5.92 Å². The zero-order valence-corrected chi connectivity index (χ0v) is 11.0. The molecular weight excluding hydrogens is 214 g/mol. The summed E-state index contributed by atoms with van der Waals surface area (Å²) in [6.07, 6.45) is 3.62. The normalized spacial score (nSPS) is 34.7. The molecule has 2 saturated heterocycles. The van der Waals surface area contributed by atoms with Crippen molar-refractivity contribution in [3.63, 3.8) is 0 Å². The number of carbonyl (C=O) groups is 1. The molecule has 2 fully saturated rings. The molecule has 3 unspecified atom stereocenters. The number of piperazine rings is 1. The molecule has 0 aromatic carbocycles. The summed E-state index contributed by atoms with van der Waals surface area (Å²) in [5.41, 5.74) is 0. The molecule has 0 spiro atoms. The van der Waals surface area contributed by atoms with Crippen LogP contribution in [0.25, 0.3) is 0 Å². The van der Waals surface area contributed by atoms with E-state index in [0.717, 1.165) is 32.6 Å². The molecule has 3 atom stereocenters. The van der Waals surface area contributed by atoms with Gasteiger partial charge in [-0.3, -0.25) is 4.79 Å². The van der Waals surface area contributed by atoms with E-state index < -0.39 is 0 Å². The second kappa shape index (κ2) is 5.83. The van der Waals surface area contributed by atoms with Gasteiger partial charge in [-0.15, -0.1) is 0 Å². The molecule has 2 rings (SSSR count). The summed E-state index contributed by atoms with van der Waals surface area (Å²) >= 11 is 0. The van der Waals surface area contributed by atoms with Crippen molar-refractivity contribution in [2.75, 3.05) is 26.2 Å². The van der Waals surface area contributed by atoms with Crippen molar-refractivity contribution in [1.82, 2.24) is 15.5 Å². The highest BCUT2D eigenvalue weighted by Crippen LogP contribution is 2.24. The number of piperidine rings is 1. The Morgan fingerprint density at radius 3 is 2.82 bits per heavy atom. The average molecular weight is 239 g/mol. The van der Waals surface area contributed by atoms with Crippen LogP contribution in [0.1, 0.15) is 33.1 Å². The molecule has 2 heterocycles. The molecule has 0 aromatic heterocycles. The Hall–Kier alpha value is -0.610. The predicted octanol–water partition coefficient (Wildman–Crippen LogP) is 0.585. The largest absolute Gasteiger partial charge is 0.338 e. The molecule has 0 radical (unpaired) electrons. The van der Waals surface area contributed by atoms with Crippen molar-refractivity contribution in [3.05, 3.63) is 0 Å². The summed E-state index contributed by atoms with van der Waals surface area (Å²) in [7, 11) is 0. The maximum atomic E-state index is 12.4. The van der Waals surface area contributed by atoms with Crippen molar-refractivity contribution in [1.29, 1.82) is 0 Å². The fraction of sp³-hybridized carbons (Fsp3) is 0.923. The van der Waals surface area contributed by atoms with E-state index in [-0.39, 0.29) is 6.04 Å². The summed E-state index contributed by atoms with van der Waals surface area (Å²) in [6, 6.07) is 0.399. The van der Waals surface area contributed by atoms with Crippen LogP contribution < -0.4 is 10.6 Å². The first-order valence-electron chi connectivity index (χ1n) is 6.97. The number of nitrogens with one attached hydrogen (secondary N) is 2. The maximum absolute atomic E-state index is 12.4. The first-order valence-corrected chi connectivity index (χ1v) is 6.97. The molecule has 2 aliphatic rings. The minimum absolute atomic E-state index is 0.0122. The molecule has 17 heavy (non-hydrogen) atoms. The summed E-state index contributed by atoms with van der Waals surface area (Å²) < 4.78 is 0. The van der Waals surface area contributed by atoms with Gasteiger partial charge >= 0.3 is 0 Å². The molecule has 2 aliphatic heterocycles. The number of nitrogens with zero attached hydrogens (tertiary/aromatic N) is 1. The molecule has 1 amide bonds. The van der Waals surface area contributed by atoms with Crippen LogP contribution in [0.2, 0.25) is 0 Å². The van der Waals surface area contributed by atoms with E-state index in [1.165, 1.54) is 12.8 Å². The van der Waals surface area contributed by atoms with E-state index in [1.807, 2.05) is 0 Å². The van der Waals surface area contributed by atoms with Gasteiger partial charge in [-0.2, -0.15) is 0 Å². The quantitative estimate of drug-likeness (QED) is 0.741. The Morgan fingerprint density at radius 2 is 2.18 bits per heavy atom. The van der Waals surface area contributed by atoms with Crippen LogP contribution in [0.15, 0.2) is 0 Å². The fourth-order valence-corrected chi connectivity index (χ4v) is 2.85. The lowest BCUT2D eigenvalue weighted by Gasteiger charge is -2.40. The van der Waals surface area contributed by atoms with Gasteiger partial charge in [0.1, 0.15) is 0 Å². The molecular formula is C13H25N3O. The summed E-state index contributed by atoms with van der Waals surface area (Å²) in [5.74, 6) is 0.995. The van der Waals surface area contributed by atoms with Crippen molar-refractivity contribution in [2.24, 2.45) is 5.92 Å². The van der Waals surface area contributed by atoms with Crippen LogP contribution in [-0.2, 0) is 4.79 Å². The Morgan fingerprint density at radius 1 is 1.35 bits per heavy atom. The van der Waals surface area contributed by atoms with Gasteiger partial charge in [0.2, 0.25) is 5.91 Å². The lowest BCUT2D eigenvalue weighted by atomic mass is 9.91. The molecule has 98 valence electrons. The number of carbonyl (C=O) groups excluding carboxylic acids is 1. The topological polar surface area (TPSA) is 44.4 Å². The number of amides is 1. The standard InChI is InChI=1S/C13H25N3O/c1-3-11-5-4-10(2)16(9-11)13(17)12-8-14-6-7-15-12/h10-12,14-15H,3-9H2,1-2H3. The highest BCUT2D eigenvalue weighted by atomic mass is 16.2. The van der Waals surface area contributed by atoms with Crippen molar-refractivity contribution in [3.8, 4) is 0 Å². The SMILES string of the molecule is CCC1CCC(C)N(C(=O)C2CNCCN2)C1. The molecule has 4 heteroatoms. The minimum Gasteiger partial charge on any atom is -0.338 e. The second-order valence-electron chi connectivity index (χ2n) is 5.40. The van der Waals surface area contributed by atoms with E-state index in [9.17, 15) is 4.79 Å². The van der Waals surface area contributed by atoms with Crippen LogP contribution in [-0.4, -0.2) is 49.1 Å². The maximum Gasteiger partial charge on any atom is 0.241 e. The van der Waals surface area contributed by atoms with Gasteiger partial charge in [0.15, 0.2) is 0 Å². The van der Waals surface area contributed by atoms with E-state index in [2.05, 4.69) is 29.4 Å². The molecule has 0 bridgehead atoms. The molecule has 0 aliphatic carbocycles. The average Bonchev–Trinajstić information content (AvgIpc) is 2.39. The van der Waals surface area contributed by atoms with Crippen molar-refractivity contribution < 1.29 is 4.79 Å². The Kier molecular flexibility index (Phi) is 4.40. The van der Waals surface area contributed by atoms with E-state index in [4.69, 9.17) is 0 Å². The van der Waals surface area contributed by atoms with Crippen LogP contribution >= 0.6 is 0 Å². The van der Waals surface area contributed by atoms with E-state index in [0.29, 0.717) is 17.9 Å². The van der Waals surface area contributed by atoms with Gasteiger partial charge in [0.05, 0.1) is 6.04 Å². The van der Waals surface area contributed by atoms with Gasteiger partial charge in [-0.1, -0.05) is 13.3 Å². The van der Waals surface area contributed by atoms with E-state index in [1.54, 1.807) is 0 Å². The zero-order chi connectivity index (χ0) is 12.3. The third-order valence-corrected chi connectivity index (χ3v) is 4.18. The Balaban J connectivity index is 1.95. The third kappa shape index (κ3) is 2.99. The zero-order valence-electron chi connectivity index (χ0n) is 11.0. The van der Waals surface area contributed by atoms with Gasteiger partial charge in [-0.05, 0) is 25.7 Å². The molecule has 0 saturated carbocycles. The third-order valence-electron chi connectivity index (χ3n) is 4.18.